The van der Waals surface area contributed by atoms with Crippen LogP contribution in [-0.2, 0) is 26.5 Å². The van der Waals surface area contributed by atoms with Gasteiger partial charge in [-0.2, -0.15) is 0 Å². The van der Waals surface area contributed by atoms with Gasteiger partial charge in [0.1, 0.15) is 0 Å². The molecule has 8 heteroatoms. The van der Waals surface area contributed by atoms with E-state index >= 15 is 0 Å². The zero-order valence-corrected chi connectivity index (χ0v) is 15.4. The van der Waals surface area contributed by atoms with Crippen LogP contribution < -0.4 is 9.03 Å². The highest BCUT2D eigenvalue weighted by Gasteiger charge is 2.20. The number of anilines is 2. The Morgan fingerprint density at radius 1 is 0.958 bits per heavy atom. The third-order valence-corrected chi connectivity index (χ3v) is 6.20. The van der Waals surface area contributed by atoms with Crippen LogP contribution >= 0.6 is 0 Å². The maximum Gasteiger partial charge on any atom is 0.261 e. The lowest BCUT2D eigenvalue weighted by molar-refractivity contribution is 0.598. The van der Waals surface area contributed by atoms with E-state index in [1.165, 1.54) is 25.2 Å². The quantitative estimate of drug-likeness (QED) is 0.849. The van der Waals surface area contributed by atoms with E-state index in [1.54, 1.807) is 30.3 Å². The minimum atomic E-state index is -3.81. The summed E-state index contributed by atoms with van der Waals surface area (Å²) in [5.74, 6) is 0. The number of rotatable bonds is 6. The lowest BCUT2D eigenvalue weighted by atomic mass is 10.2. The molecule has 0 heterocycles. The van der Waals surface area contributed by atoms with Crippen LogP contribution in [0.25, 0.3) is 0 Å². The molecule has 0 amide bonds. The van der Waals surface area contributed by atoms with E-state index in [4.69, 9.17) is 0 Å². The number of aryl methyl sites for hydroxylation is 1. The first-order valence-electron chi connectivity index (χ1n) is 7.30. The van der Waals surface area contributed by atoms with Gasteiger partial charge in [-0.25, -0.2) is 16.8 Å². The summed E-state index contributed by atoms with van der Waals surface area (Å²) in [7, 11) is -5.95. The second-order valence-electron chi connectivity index (χ2n) is 5.35. The standard InChI is InChI=1S/C16H20N2O4S2/c1-4-13-9-11-14(12-10-13)24(21,22)17-15-7-5-6-8-16(15)18(2)23(3,19)20/h5-12,17H,4H2,1-3H3. The van der Waals surface area contributed by atoms with E-state index in [1.807, 2.05) is 6.92 Å². The van der Waals surface area contributed by atoms with Crippen molar-refractivity contribution in [1.29, 1.82) is 0 Å². The highest BCUT2D eigenvalue weighted by atomic mass is 32.2. The molecular formula is C16H20N2O4S2. The molecule has 0 atom stereocenters. The van der Waals surface area contributed by atoms with Crippen LogP contribution in [0.15, 0.2) is 53.4 Å². The molecule has 2 rings (SSSR count). The van der Waals surface area contributed by atoms with Gasteiger partial charge in [0.05, 0.1) is 22.5 Å². The smallest absolute Gasteiger partial charge is 0.261 e. The predicted octanol–water partition coefficient (Wildman–Crippen LogP) is 2.45. The molecule has 0 unspecified atom stereocenters. The third-order valence-electron chi connectivity index (χ3n) is 3.63. The first-order chi connectivity index (χ1) is 11.1. The summed E-state index contributed by atoms with van der Waals surface area (Å²) >= 11 is 0. The largest absolute Gasteiger partial charge is 0.277 e. The van der Waals surface area contributed by atoms with Crippen LogP contribution in [0.2, 0.25) is 0 Å². The topological polar surface area (TPSA) is 83.6 Å². The Hall–Kier alpha value is -2.06. The zero-order valence-electron chi connectivity index (χ0n) is 13.7. The first kappa shape index (κ1) is 18.3. The van der Waals surface area contributed by atoms with Gasteiger partial charge in [0.25, 0.3) is 10.0 Å². The molecule has 24 heavy (non-hydrogen) atoms. The minimum Gasteiger partial charge on any atom is -0.277 e. The van der Waals surface area contributed by atoms with Crippen LogP contribution in [0, 0.1) is 0 Å². The fourth-order valence-corrected chi connectivity index (χ4v) is 3.71. The van der Waals surface area contributed by atoms with Crippen molar-refractivity contribution >= 4 is 31.4 Å². The summed E-state index contributed by atoms with van der Waals surface area (Å²) < 4.78 is 52.1. The Balaban J connectivity index is 2.40. The molecule has 0 saturated carbocycles. The summed E-state index contributed by atoms with van der Waals surface area (Å²) in [5, 5.41) is 0. The van der Waals surface area contributed by atoms with Gasteiger partial charge in [-0.15, -0.1) is 0 Å². The van der Waals surface area contributed by atoms with Crippen molar-refractivity contribution < 1.29 is 16.8 Å². The van der Waals surface area contributed by atoms with Crippen LogP contribution in [0.5, 0.6) is 0 Å². The number of hydrogen-bond acceptors (Lipinski definition) is 4. The van der Waals surface area contributed by atoms with Crippen molar-refractivity contribution in [1.82, 2.24) is 0 Å². The lowest BCUT2D eigenvalue weighted by Crippen LogP contribution is -2.26. The number of nitrogens with one attached hydrogen (secondary N) is 1. The first-order valence-corrected chi connectivity index (χ1v) is 10.6. The van der Waals surface area contributed by atoms with Gasteiger partial charge in [0.2, 0.25) is 10.0 Å². The molecule has 0 fully saturated rings. The van der Waals surface area contributed by atoms with E-state index in [0.29, 0.717) is 0 Å². The molecule has 0 radical (unpaired) electrons. The van der Waals surface area contributed by atoms with Gasteiger partial charge in [0.15, 0.2) is 0 Å². The van der Waals surface area contributed by atoms with Crippen molar-refractivity contribution in [3.63, 3.8) is 0 Å². The second kappa shape index (κ2) is 6.82. The number of sulfonamides is 2. The molecule has 6 nitrogen and oxygen atoms in total. The lowest BCUT2D eigenvalue weighted by Gasteiger charge is -2.20. The average Bonchev–Trinajstić information content (AvgIpc) is 2.53. The molecule has 2 aromatic carbocycles. The summed E-state index contributed by atoms with van der Waals surface area (Å²) in [6.45, 7) is 1.99. The Morgan fingerprint density at radius 3 is 2.08 bits per heavy atom. The fraction of sp³-hybridized carbons (Fsp3) is 0.250. The Labute approximate surface area is 143 Å². The van der Waals surface area contributed by atoms with Crippen molar-refractivity contribution in [2.75, 3.05) is 22.3 Å². The normalized spacial score (nSPS) is 12.0. The Morgan fingerprint density at radius 2 is 1.54 bits per heavy atom. The summed E-state index contributed by atoms with van der Waals surface area (Å²) in [6.07, 6.45) is 1.87. The molecule has 2 aromatic rings. The maximum absolute atomic E-state index is 12.5. The zero-order chi connectivity index (χ0) is 18.0. The van der Waals surface area contributed by atoms with Crippen molar-refractivity contribution in [2.45, 2.75) is 18.2 Å². The molecule has 0 aliphatic carbocycles. The number of hydrogen-bond donors (Lipinski definition) is 1. The molecule has 0 aromatic heterocycles. The minimum absolute atomic E-state index is 0.122. The highest BCUT2D eigenvalue weighted by molar-refractivity contribution is 7.93. The average molecular weight is 368 g/mol. The summed E-state index contributed by atoms with van der Waals surface area (Å²) in [4.78, 5) is 0.122. The summed E-state index contributed by atoms with van der Waals surface area (Å²) in [5.41, 5.74) is 1.49. The molecule has 1 N–H and O–H groups in total. The van der Waals surface area contributed by atoms with E-state index in [9.17, 15) is 16.8 Å². The fourth-order valence-electron chi connectivity index (χ4n) is 2.12. The van der Waals surface area contributed by atoms with Crippen LogP contribution in [0.4, 0.5) is 11.4 Å². The maximum atomic E-state index is 12.5. The third kappa shape index (κ3) is 4.07. The van der Waals surface area contributed by atoms with Gasteiger partial charge in [0, 0.05) is 7.05 Å². The van der Waals surface area contributed by atoms with Crippen LogP contribution in [0.3, 0.4) is 0 Å². The van der Waals surface area contributed by atoms with Gasteiger partial charge in [-0.05, 0) is 36.2 Å². The van der Waals surface area contributed by atoms with Gasteiger partial charge >= 0.3 is 0 Å². The summed E-state index contributed by atoms with van der Waals surface area (Å²) in [6, 6.07) is 12.9. The van der Waals surface area contributed by atoms with E-state index in [-0.39, 0.29) is 16.3 Å². The second-order valence-corrected chi connectivity index (χ2v) is 9.05. The Bertz CT molecular complexity index is 921. The molecule has 0 saturated heterocycles. The van der Waals surface area contributed by atoms with Crippen molar-refractivity contribution in [3.05, 3.63) is 54.1 Å². The highest BCUT2D eigenvalue weighted by Crippen LogP contribution is 2.28. The number of nitrogens with zero attached hydrogens (tertiary/aromatic N) is 1. The van der Waals surface area contributed by atoms with E-state index in [0.717, 1.165) is 22.5 Å². The van der Waals surface area contributed by atoms with E-state index in [2.05, 4.69) is 4.72 Å². The van der Waals surface area contributed by atoms with Crippen molar-refractivity contribution in [3.8, 4) is 0 Å². The predicted molar refractivity (Wildman–Crippen MR) is 96.3 cm³/mol. The van der Waals surface area contributed by atoms with Crippen LogP contribution in [-0.4, -0.2) is 30.1 Å². The van der Waals surface area contributed by atoms with Crippen molar-refractivity contribution in [2.24, 2.45) is 0 Å². The van der Waals surface area contributed by atoms with Crippen LogP contribution in [0.1, 0.15) is 12.5 Å². The molecule has 0 bridgehead atoms. The number of benzene rings is 2. The Kier molecular flexibility index (Phi) is 5.19. The molecule has 0 spiro atoms. The number of para-hydroxylation sites is 2. The molecule has 0 aliphatic heterocycles. The molecule has 0 aliphatic rings. The molecule has 130 valence electrons. The van der Waals surface area contributed by atoms with E-state index < -0.39 is 20.0 Å². The van der Waals surface area contributed by atoms with Gasteiger partial charge in [-0.1, -0.05) is 31.2 Å². The SMILES string of the molecule is CCc1ccc(S(=O)(=O)Nc2ccccc2N(C)S(C)(=O)=O)cc1. The monoisotopic (exact) mass is 368 g/mol. The molecular weight excluding hydrogens is 348 g/mol. The van der Waals surface area contributed by atoms with Gasteiger partial charge < -0.3 is 0 Å². The van der Waals surface area contributed by atoms with Gasteiger partial charge in [-0.3, -0.25) is 9.03 Å².